The lowest BCUT2D eigenvalue weighted by Crippen LogP contribution is -2.02. The molecule has 0 N–H and O–H groups in total. The van der Waals surface area contributed by atoms with Crippen molar-refractivity contribution < 1.29 is 23.2 Å². The van der Waals surface area contributed by atoms with Gasteiger partial charge in [0.15, 0.2) is 11.5 Å². The van der Waals surface area contributed by atoms with E-state index in [-0.39, 0.29) is 17.3 Å². The smallest absolute Gasteiger partial charge is 0.349 e. The van der Waals surface area contributed by atoms with Crippen LogP contribution >= 0.6 is 11.6 Å². The van der Waals surface area contributed by atoms with Crippen molar-refractivity contribution in [2.24, 2.45) is 0 Å². The molecule has 8 nitrogen and oxygen atoms in total. The Hall–Kier alpha value is -3.52. The number of methoxy groups -OCH3 is 3. The van der Waals surface area contributed by atoms with Gasteiger partial charge >= 0.3 is 5.63 Å². The number of benzene rings is 2. The molecule has 0 amide bonds. The number of aromatic nitrogens is 2. The highest BCUT2D eigenvalue weighted by Gasteiger charge is 2.20. The van der Waals surface area contributed by atoms with Crippen molar-refractivity contribution in [2.75, 3.05) is 21.3 Å². The molecule has 0 bridgehead atoms. The molecule has 4 aromatic rings. The largest absolute Gasteiger partial charge is 0.493 e. The predicted octanol–water partition coefficient (Wildman–Crippen LogP) is 4.19. The number of ether oxygens (including phenoxy) is 3. The van der Waals surface area contributed by atoms with Gasteiger partial charge < -0.3 is 23.2 Å². The molecule has 9 heteroatoms. The summed E-state index contributed by atoms with van der Waals surface area (Å²) in [5.41, 5.74) is 0.501. The zero-order valence-corrected chi connectivity index (χ0v) is 16.4. The maximum atomic E-state index is 12.4. The monoisotopic (exact) mass is 414 g/mol. The summed E-state index contributed by atoms with van der Waals surface area (Å²) in [5, 5.41) is 5.12. The van der Waals surface area contributed by atoms with E-state index < -0.39 is 5.63 Å². The Morgan fingerprint density at radius 1 is 0.966 bits per heavy atom. The molecule has 0 aliphatic carbocycles. The molecule has 2 aromatic heterocycles. The van der Waals surface area contributed by atoms with Crippen molar-refractivity contribution in [2.45, 2.75) is 0 Å². The average Bonchev–Trinajstić information content (AvgIpc) is 3.22. The van der Waals surface area contributed by atoms with Crippen LogP contribution in [0.15, 0.2) is 50.1 Å². The zero-order chi connectivity index (χ0) is 20.5. The van der Waals surface area contributed by atoms with E-state index in [0.29, 0.717) is 38.8 Å². The van der Waals surface area contributed by atoms with Gasteiger partial charge in [-0.1, -0.05) is 16.8 Å². The van der Waals surface area contributed by atoms with Crippen LogP contribution in [0.1, 0.15) is 0 Å². The molecule has 0 fully saturated rings. The third-order valence-corrected chi connectivity index (χ3v) is 4.51. The van der Waals surface area contributed by atoms with Gasteiger partial charge in [0.1, 0.15) is 11.1 Å². The molecule has 0 aliphatic rings. The first-order chi connectivity index (χ1) is 14.0. The van der Waals surface area contributed by atoms with Crippen LogP contribution in [0, 0.1) is 0 Å². The lowest BCUT2D eigenvalue weighted by Gasteiger charge is -2.12. The SMILES string of the molecule is COc1cc(-c2noc(-c3cc4cc(Cl)ccc4oc3=O)n2)cc(OC)c1OC. The minimum Gasteiger partial charge on any atom is -0.493 e. The molecular weight excluding hydrogens is 400 g/mol. The topological polar surface area (TPSA) is 96.8 Å². The fourth-order valence-corrected chi connectivity index (χ4v) is 3.08. The zero-order valence-electron chi connectivity index (χ0n) is 15.7. The summed E-state index contributed by atoms with van der Waals surface area (Å²) in [6.07, 6.45) is 0. The van der Waals surface area contributed by atoms with Crippen LogP contribution in [0.2, 0.25) is 5.02 Å². The Morgan fingerprint density at radius 3 is 2.34 bits per heavy atom. The normalized spacial score (nSPS) is 10.9. The number of hydrogen-bond acceptors (Lipinski definition) is 8. The number of rotatable bonds is 5. The molecule has 0 saturated carbocycles. The minimum atomic E-state index is -0.597. The van der Waals surface area contributed by atoms with E-state index in [1.165, 1.54) is 21.3 Å². The summed E-state index contributed by atoms with van der Waals surface area (Å²) in [7, 11) is 4.53. The molecule has 0 saturated heterocycles. The first kappa shape index (κ1) is 18.8. The van der Waals surface area contributed by atoms with Crippen molar-refractivity contribution in [3.63, 3.8) is 0 Å². The van der Waals surface area contributed by atoms with E-state index in [0.717, 1.165) is 0 Å². The van der Waals surface area contributed by atoms with E-state index >= 15 is 0 Å². The lowest BCUT2D eigenvalue weighted by molar-refractivity contribution is 0.324. The van der Waals surface area contributed by atoms with Crippen LogP contribution in [-0.2, 0) is 0 Å². The van der Waals surface area contributed by atoms with Gasteiger partial charge in [-0.05, 0) is 36.4 Å². The molecule has 2 heterocycles. The standard InChI is InChI=1S/C20H15ClN2O6/c1-25-15-8-11(9-16(26-2)17(15)27-3)18-22-19(29-23-18)13-7-10-6-12(21)4-5-14(10)28-20(13)24/h4-9H,1-3H3. The van der Waals surface area contributed by atoms with E-state index in [1.807, 2.05) is 0 Å². The number of nitrogens with zero attached hydrogens (tertiary/aromatic N) is 2. The van der Waals surface area contributed by atoms with Crippen LogP contribution in [0.3, 0.4) is 0 Å². The van der Waals surface area contributed by atoms with Crippen LogP contribution in [0.5, 0.6) is 17.2 Å². The van der Waals surface area contributed by atoms with Crippen LogP contribution in [0.25, 0.3) is 33.8 Å². The second-order valence-electron chi connectivity index (χ2n) is 5.97. The predicted molar refractivity (Wildman–Crippen MR) is 106 cm³/mol. The maximum absolute atomic E-state index is 12.4. The van der Waals surface area contributed by atoms with Gasteiger partial charge in [-0.3, -0.25) is 0 Å². The molecule has 0 atom stereocenters. The maximum Gasteiger partial charge on any atom is 0.349 e. The Bertz CT molecular complexity index is 1240. The van der Waals surface area contributed by atoms with Gasteiger partial charge in [-0.25, -0.2) is 4.79 Å². The van der Waals surface area contributed by atoms with Gasteiger partial charge in [-0.2, -0.15) is 4.98 Å². The van der Waals surface area contributed by atoms with Crippen molar-refractivity contribution in [1.82, 2.24) is 10.1 Å². The highest BCUT2D eigenvalue weighted by Crippen LogP contribution is 2.40. The Balaban J connectivity index is 1.81. The molecule has 148 valence electrons. The highest BCUT2D eigenvalue weighted by molar-refractivity contribution is 6.31. The molecule has 29 heavy (non-hydrogen) atoms. The second-order valence-corrected chi connectivity index (χ2v) is 6.40. The Kier molecular flexibility index (Phi) is 4.85. The number of fused-ring (bicyclic) bond motifs is 1. The summed E-state index contributed by atoms with van der Waals surface area (Å²) >= 11 is 6.02. The van der Waals surface area contributed by atoms with Gasteiger partial charge in [0.25, 0.3) is 5.89 Å². The Morgan fingerprint density at radius 2 is 1.69 bits per heavy atom. The summed E-state index contributed by atoms with van der Waals surface area (Å²) in [5.74, 6) is 1.57. The molecular formula is C20H15ClN2O6. The first-order valence-electron chi connectivity index (χ1n) is 8.42. The summed E-state index contributed by atoms with van der Waals surface area (Å²) < 4.78 is 26.6. The van der Waals surface area contributed by atoms with Crippen molar-refractivity contribution in [3.8, 4) is 40.1 Å². The minimum absolute atomic E-state index is 0.0179. The first-order valence-corrected chi connectivity index (χ1v) is 8.79. The molecule has 4 rings (SSSR count). The molecule has 0 aliphatic heterocycles. The van der Waals surface area contributed by atoms with E-state index in [1.54, 1.807) is 36.4 Å². The quantitative estimate of drug-likeness (QED) is 0.448. The molecule has 0 spiro atoms. The van der Waals surface area contributed by atoms with Crippen LogP contribution < -0.4 is 19.8 Å². The summed E-state index contributed by atoms with van der Waals surface area (Å²) in [6.45, 7) is 0. The summed E-state index contributed by atoms with van der Waals surface area (Å²) in [4.78, 5) is 16.7. The third-order valence-electron chi connectivity index (χ3n) is 4.27. The fourth-order valence-electron chi connectivity index (χ4n) is 2.90. The molecule has 0 unspecified atom stereocenters. The number of halogens is 1. The average molecular weight is 415 g/mol. The van der Waals surface area contributed by atoms with Gasteiger partial charge in [-0.15, -0.1) is 0 Å². The lowest BCUT2D eigenvalue weighted by atomic mass is 10.1. The highest BCUT2D eigenvalue weighted by atomic mass is 35.5. The molecule has 0 radical (unpaired) electrons. The van der Waals surface area contributed by atoms with E-state index in [2.05, 4.69) is 10.1 Å². The van der Waals surface area contributed by atoms with Crippen molar-refractivity contribution in [3.05, 3.63) is 51.8 Å². The van der Waals surface area contributed by atoms with Crippen LogP contribution in [-0.4, -0.2) is 31.5 Å². The summed E-state index contributed by atoms with van der Waals surface area (Å²) in [6, 6.07) is 9.90. The fraction of sp³-hybridized carbons (Fsp3) is 0.150. The van der Waals surface area contributed by atoms with Gasteiger partial charge in [0.2, 0.25) is 11.6 Å². The van der Waals surface area contributed by atoms with Gasteiger partial charge in [0.05, 0.1) is 21.3 Å². The Labute approximate surface area is 169 Å². The van der Waals surface area contributed by atoms with Crippen LogP contribution in [0.4, 0.5) is 0 Å². The van der Waals surface area contributed by atoms with E-state index in [4.69, 9.17) is 34.8 Å². The number of hydrogen-bond donors (Lipinski definition) is 0. The van der Waals surface area contributed by atoms with Gasteiger partial charge in [0, 0.05) is 16.0 Å². The van der Waals surface area contributed by atoms with E-state index in [9.17, 15) is 4.79 Å². The molecule has 2 aromatic carbocycles. The third kappa shape index (κ3) is 3.38. The van der Waals surface area contributed by atoms with Crippen molar-refractivity contribution >= 4 is 22.6 Å². The second kappa shape index (κ2) is 7.48. The van der Waals surface area contributed by atoms with Crippen molar-refractivity contribution in [1.29, 1.82) is 0 Å².